The van der Waals surface area contributed by atoms with Gasteiger partial charge in [0.1, 0.15) is 0 Å². The summed E-state index contributed by atoms with van der Waals surface area (Å²) in [7, 11) is 1.63. The van der Waals surface area contributed by atoms with Gasteiger partial charge in [-0.1, -0.05) is 22.0 Å². The third-order valence-electron chi connectivity index (χ3n) is 2.74. The lowest BCUT2D eigenvalue weighted by molar-refractivity contribution is -0.122. The minimum Gasteiger partial charge on any atom is -0.350 e. The third-order valence-corrected chi connectivity index (χ3v) is 3.60. The normalized spacial score (nSPS) is 11.1. The predicted molar refractivity (Wildman–Crippen MR) is 83.7 cm³/mol. The van der Waals surface area contributed by atoms with Gasteiger partial charge in [0.25, 0.3) is 5.91 Å². The average molecular weight is 341 g/mol. The molecule has 0 bridgehead atoms. The molecule has 2 amide bonds. The van der Waals surface area contributed by atoms with Crippen LogP contribution in [-0.2, 0) is 4.79 Å². The van der Waals surface area contributed by atoms with E-state index in [1.54, 1.807) is 13.1 Å². The number of hydrogen-bond acceptors (Lipinski definition) is 2. The van der Waals surface area contributed by atoms with Gasteiger partial charge in [-0.05, 0) is 45.4 Å². The molecule has 0 aromatic heterocycles. The second-order valence-electron chi connectivity index (χ2n) is 5.87. The van der Waals surface area contributed by atoms with Gasteiger partial charge in [-0.2, -0.15) is 0 Å². The van der Waals surface area contributed by atoms with Crippen LogP contribution >= 0.6 is 15.9 Å². The Bertz CT molecular complexity index is 521. The lowest BCUT2D eigenvalue weighted by atomic mass is 10.1. The monoisotopic (exact) mass is 340 g/mol. The zero-order valence-corrected chi connectivity index (χ0v) is 14.2. The lowest BCUT2D eigenvalue weighted by Crippen LogP contribution is -2.46. The summed E-state index contributed by atoms with van der Waals surface area (Å²) in [6.07, 6.45) is 0. The molecule has 4 nitrogen and oxygen atoms in total. The molecule has 0 aliphatic rings. The standard InChI is InChI=1S/C15H21BrN2O2/c1-10-11(7-6-8-12(10)16)14(20)18(5)9-13(19)17-15(2,3)4/h6-8H,9H2,1-5H3,(H,17,19). The Morgan fingerprint density at radius 2 is 1.90 bits per heavy atom. The minimum atomic E-state index is -0.299. The Kier molecular flexibility index (Phi) is 5.34. The molecular weight excluding hydrogens is 320 g/mol. The molecule has 0 fully saturated rings. The van der Waals surface area contributed by atoms with E-state index in [0.717, 1.165) is 10.0 Å². The van der Waals surface area contributed by atoms with Gasteiger partial charge in [-0.15, -0.1) is 0 Å². The molecule has 110 valence electrons. The summed E-state index contributed by atoms with van der Waals surface area (Å²) in [5, 5.41) is 2.84. The SMILES string of the molecule is Cc1c(Br)cccc1C(=O)N(C)CC(=O)NC(C)(C)C. The highest BCUT2D eigenvalue weighted by atomic mass is 79.9. The first-order chi connectivity index (χ1) is 9.11. The molecule has 0 aliphatic heterocycles. The lowest BCUT2D eigenvalue weighted by Gasteiger charge is -2.23. The molecule has 0 atom stereocenters. The number of carbonyl (C=O) groups excluding carboxylic acids is 2. The van der Waals surface area contributed by atoms with Crippen molar-refractivity contribution in [2.24, 2.45) is 0 Å². The molecule has 0 saturated heterocycles. The van der Waals surface area contributed by atoms with E-state index in [1.807, 2.05) is 39.8 Å². The van der Waals surface area contributed by atoms with Gasteiger partial charge in [0, 0.05) is 22.6 Å². The highest BCUT2D eigenvalue weighted by Crippen LogP contribution is 2.20. The van der Waals surface area contributed by atoms with Crippen LogP contribution in [-0.4, -0.2) is 35.8 Å². The number of carbonyl (C=O) groups is 2. The van der Waals surface area contributed by atoms with Crippen LogP contribution in [0.25, 0.3) is 0 Å². The van der Waals surface area contributed by atoms with Crippen molar-refractivity contribution in [2.75, 3.05) is 13.6 Å². The van der Waals surface area contributed by atoms with Gasteiger partial charge in [0.15, 0.2) is 0 Å². The number of benzene rings is 1. The van der Waals surface area contributed by atoms with Crippen molar-refractivity contribution >= 4 is 27.7 Å². The molecule has 0 saturated carbocycles. The van der Waals surface area contributed by atoms with E-state index in [2.05, 4.69) is 21.2 Å². The van der Waals surface area contributed by atoms with E-state index in [9.17, 15) is 9.59 Å². The zero-order chi connectivity index (χ0) is 15.5. The van der Waals surface area contributed by atoms with Crippen molar-refractivity contribution in [3.8, 4) is 0 Å². The maximum atomic E-state index is 12.3. The summed E-state index contributed by atoms with van der Waals surface area (Å²) in [6, 6.07) is 5.46. The number of nitrogens with zero attached hydrogens (tertiary/aromatic N) is 1. The quantitative estimate of drug-likeness (QED) is 0.919. The van der Waals surface area contributed by atoms with Crippen LogP contribution < -0.4 is 5.32 Å². The number of nitrogens with one attached hydrogen (secondary N) is 1. The Balaban J connectivity index is 2.77. The van der Waals surface area contributed by atoms with E-state index in [0.29, 0.717) is 5.56 Å². The fourth-order valence-corrected chi connectivity index (χ4v) is 2.16. The Labute approximate surface area is 128 Å². The number of rotatable bonds is 3. The van der Waals surface area contributed by atoms with Crippen LogP contribution in [0.4, 0.5) is 0 Å². The fraction of sp³-hybridized carbons (Fsp3) is 0.467. The Morgan fingerprint density at radius 3 is 2.45 bits per heavy atom. The van der Waals surface area contributed by atoms with Crippen molar-refractivity contribution in [2.45, 2.75) is 33.2 Å². The van der Waals surface area contributed by atoms with Crippen LogP contribution in [0.15, 0.2) is 22.7 Å². The van der Waals surface area contributed by atoms with Gasteiger partial charge in [-0.3, -0.25) is 9.59 Å². The van der Waals surface area contributed by atoms with E-state index in [-0.39, 0.29) is 23.9 Å². The summed E-state index contributed by atoms with van der Waals surface area (Å²) in [4.78, 5) is 25.6. The van der Waals surface area contributed by atoms with Crippen molar-refractivity contribution in [3.63, 3.8) is 0 Å². The van der Waals surface area contributed by atoms with Crippen LogP contribution in [0.2, 0.25) is 0 Å². The topological polar surface area (TPSA) is 49.4 Å². The van der Waals surface area contributed by atoms with Crippen molar-refractivity contribution in [1.82, 2.24) is 10.2 Å². The summed E-state index contributed by atoms with van der Waals surface area (Å²) in [6.45, 7) is 7.64. The molecule has 0 spiro atoms. The summed E-state index contributed by atoms with van der Waals surface area (Å²) in [5.41, 5.74) is 1.18. The first-order valence-corrected chi connectivity index (χ1v) is 7.22. The van der Waals surface area contributed by atoms with Gasteiger partial charge < -0.3 is 10.2 Å². The molecule has 0 heterocycles. The molecule has 1 aromatic rings. The highest BCUT2D eigenvalue weighted by Gasteiger charge is 2.20. The van der Waals surface area contributed by atoms with Gasteiger partial charge >= 0.3 is 0 Å². The number of likely N-dealkylation sites (N-methyl/N-ethyl adjacent to an activating group) is 1. The Morgan fingerprint density at radius 1 is 1.30 bits per heavy atom. The van der Waals surface area contributed by atoms with Crippen molar-refractivity contribution < 1.29 is 9.59 Å². The van der Waals surface area contributed by atoms with Gasteiger partial charge in [0.2, 0.25) is 5.91 Å². The van der Waals surface area contributed by atoms with E-state index >= 15 is 0 Å². The predicted octanol–water partition coefficient (Wildman–Crippen LogP) is 2.74. The summed E-state index contributed by atoms with van der Waals surface area (Å²) in [5.74, 6) is -0.325. The molecule has 20 heavy (non-hydrogen) atoms. The molecule has 1 rings (SSSR count). The molecule has 1 N–H and O–H groups in total. The van der Waals surface area contributed by atoms with Crippen molar-refractivity contribution in [1.29, 1.82) is 0 Å². The largest absolute Gasteiger partial charge is 0.350 e. The molecule has 0 unspecified atom stereocenters. The highest BCUT2D eigenvalue weighted by molar-refractivity contribution is 9.10. The zero-order valence-electron chi connectivity index (χ0n) is 12.6. The molecule has 1 aromatic carbocycles. The fourth-order valence-electron chi connectivity index (χ4n) is 1.79. The first-order valence-electron chi connectivity index (χ1n) is 6.43. The van der Waals surface area contributed by atoms with Crippen LogP contribution in [0.3, 0.4) is 0 Å². The van der Waals surface area contributed by atoms with Crippen molar-refractivity contribution in [3.05, 3.63) is 33.8 Å². The maximum absolute atomic E-state index is 12.3. The second-order valence-corrected chi connectivity index (χ2v) is 6.73. The van der Waals surface area contributed by atoms with E-state index in [4.69, 9.17) is 0 Å². The third kappa shape index (κ3) is 4.63. The number of halogens is 1. The molecule has 0 radical (unpaired) electrons. The molecule has 5 heteroatoms. The Hall–Kier alpha value is -1.36. The summed E-state index contributed by atoms with van der Waals surface area (Å²) < 4.78 is 0.885. The number of hydrogen-bond donors (Lipinski definition) is 1. The van der Waals surface area contributed by atoms with Crippen LogP contribution in [0.5, 0.6) is 0 Å². The minimum absolute atomic E-state index is 0.0437. The second kappa shape index (κ2) is 6.39. The van der Waals surface area contributed by atoms with Crippen LogP contribution in [0, 0.1) is 6.92 Å². The van der Waals surface area contributed by atoms with E-state index < -0.39 is 0 Å². The summed E-state index contributed by atoms with van der Waals surface area (Å²) >= 11 is 3.40. The first kappa shape index (κ1) is 16.7. The maximum Gasteiger partial charge on any atom is 0.254 e. The van der Waals surface area contributed by atoms with E-state index in [1.165, 1.54) is 4.90 Å². The van der Waals surface area contributed by atoms with Gasteiger partial charge in [-0.25, -0.2) is 0 Å². The molecular formula is C15H21BrN2O2. The van der Waals surface area contributed by atoms with Crippen LogP contribution in [0.1, 0.15) is 36.7 Å². The van der Waals surface area contributed by atoms with Gasteiger partial charge in [0.05, 0.1) is 6.54 Å². The smallest absolute Gasteiger partial charge is 0.254 e. The average Bonchev–Trinajstić information content (AvgIpc) is 2.29. The number of amides is 2. The molecule has 0 aliphatic carbocycles.